The third kappa shape index (κ3) is 2.07. The Morgan fingerprint density at radius 1 is 1.36 bits per heavy atom. The fourth-order valence-electron chi connectivity index (χ4n) is 0.977. The van der Waals surface area contributed by atoms with E-state index in [1.165, 1.54) is 13.0 Å². The molecule has 0 saturated carbocycles. The molecule has 0 aromatic heterocycles. The Hall–Kier alpha value is -1.91. The van der Waals surface area contributed by atoms with E-state index in [-0.39, 0.29) is 17.4 Å². The summed E-state index contributed by atoms with van der Waals surface area (Å²) in [6.07, 6.45) is 0. The van der Waals surface area contributed by atoms with Crippen LogP contribution in [0.2, 0.25) is 0 Å². The lowest BCUT2D eigenvalue weighted by Gasteiger charge is -2.11. The summed E-state index contributed by atoms with van der Waals surface area (Å²) in [4.78, 5) is 10.6. The van der Waals surface area contributed by atoms with Crippen LogP contribution in [0.4, 0.5) is 5.69 Å². The maximum atomic E-state index is 10.6. The lowest BCUT2D eigenvalue weighted by Crippen LogP contribution is -2.26. The number of hydrogen-bond donors (Lipinski definition) is 4. The first-order chi connectivity index (χ1) is 6.52. The molecule has 0 aliphatic heterocycles. The summed E-state index contributed by atoms with van der Waals surface area (Å²) in [6.45, 7) is 2.99. The van der Waals surface area contributed by atoms with Gasteiger partial charge in [-0.2, -0.15) is 0 Å². The van der Waals surface area contributed by atoms with Crippen LogP contribution in [0.5, 0.6) is 11.5 Å². The molecule has 14 heavy (non-hydrogen) atoms. The molecule has 5 heteroatoms. The standard InChI is InChI=1S/C9H12N2O3/c1-5-7(11-10-6(2)12)3-4-8(13)9(5)14/h3-4,11,13-14H,1-2H3,(H,10,12). The zero-order valence-corrected chi connectivity index (χ0v) is 7.96. The van der Waals surface area contributed by atoms with Crippen LogP contribution >= 0.6 is 0 Å². The van der Waals surface area contributed by atoms with Gasteiger partial charge in [-0.1, -0.05) is 0 Å². The van der Waals surface area contributed by atoms with E-state index in [0.29, 0.717) is 11.3 Å². The molecule has 1 amide bonds. The number of carbonyl (C=O) groups excluding carboxylic acids is 1. The van der Waals surface area contributed by atoms with Gasteiger partial charge in [0, 0.05) is 12.5 Å². The molecule has 0 unspecified atom stereocenters. The first-order valence-electron chi connectivity index (χ1n) is 4.06. The summed E-state index contributed by atoms with van der Waals surface area (Å²) in [7, 11) is 0. The molecule has 5 nitrogen and oxygen atoms in total. The van der Waals surface area contributed by atoms with Crippen molar-refractivity contribution in [2.75, 3.05) is 5.43 Å². The molecule has 0 aliphatic rings. The summed E-state index contributed by atoms with van der Waals surface area (Å²) < 4.78 is 0. The number of anilines is 1. The number of phenolic OH excluding ortho intramolecular Hbond substituents is 2. The summed E-state index contributed by atoms with van der Waals surface area (Å²) in [5, 5.41) is 18.5. The van der Waals surface area contributed by atoms with E-state index in [9.17, 15) is 9.90 Å². The van der Waals surface area contributed by atoms with Crippen LogP contribution in [0.15, 0.2) is 12.1 Å². The molecule has 0 bridgehead atoms. The van der Waals surface area contributed by atoms with E-state index in [1.54, 1.807) is 13.0 Å². The van der Waals surface area contributed by atoms with Crippen molar-refractivity contribution in [1.82, 2.24) is 5.43 Å². The molecule has 4 N–H and O–H groups in total. The molecule has 0 fully saturated rings. The number of phenols is 2. The van der Waals surface area contributed by atoms with Gasteiger partial charge in [0.25, 0.3) is 0 Å². The molecule has 1 rings (SSSR count). The molecule has 76 valence electrons. The average Bonchev–Trinajstić information content (AvgIpc) is 2.13. The highest BCUT2D eigenvalue weighted by Crippen LogP contribution is 2.32. The third-order valence-corrected chi connectivity index (χ3v) is 1.78. The maximum absolute atomic E-state index is 10.6. The summed E-state index contributed by atoms with van der Waals surface area (Å²) in [5.41, 5.74) is 5.99. The zero-order valence-electron chi connectivity index (χ0n) is 7.96. The monoisotopic (exact) mass is 196 g/mol. The number of aromatic hydroxyl groups is 2. The number of benzene rings is 1. The molecule has 0 aliphatic carbocycles. The van der Waals surface area contributed by atoms with Gasteiger partial charge < -0.3 is 10.2 Å². The number of rotatable bonds is 2. The Morgan fingerprint density at radius 2 is 2.00 bits per heavy atom. The smallest absolute Gasteiger partial charge is 0.235 e. The van der Waals surface area contributed by atoms with Gasteiger partial charge in [-0.05, 0) is 19.1 Å². The van der Waals surface area contributed by atoms with Crippen molar-refractivity contribution in [3.05, 3.63) is 17.7 Å². The van der Waals surface area contributed by atoms with E-state index in [4.69, 9.17) is 5.11 Å². The van der Waals surface area contributed by atoms with Crippen LogP contribution in [0, 0.1) is 6.92 Å². The Morgan fingerprint density at radius 3 is 2.57 bits per heavy atom. The highest BCUT2D eigenvalue weighted by Gasteiger charge is 2.07. The van der Waals surface area contributed by atoms with Gasteiger partial charge in [0.05, 0.1) is 5.69 Å². The molecule has 0 atom stereocenters. The number of amides is 1. The van der Waals surface area contributed by atoms with Crippen molar-refractivity contribution in [2.24, 2.45) is 0 Å². The van der Waals surface area contributed by atoms with Crippen molar-refractivity contribution in [2.45, 2.75) is 13.8 Å². The number of nitrogens with one attached hydrogen (secondary N) is 2. The zero-order chi connectivity index (χ0) is 10.7. The average molecular weight is 196 g/mol. The predicted octanol–water partition coefficient (Wildman–Crippen LogP) is 0.869. The molecular formula is C9H12N2O3. The minimum Gasteiger partial charge on any atom is -0.504 e. The van der Waals surface area contributed by atoms with Gasteiger partial charge >= 0.3 is 0 Å². The molecule has 1 aromatic rings. The van der Waals surface area contributed by atoms with E-state index in [2.05, 4.69) is 10.9 Å². The fraction of sp³-hybridized carbons (Fsp3) is 0.222. The van der Waals surface area contributed by atoms with Crippen molar-refractivity contribution < 1.29 is 15.0 Å². The van der Waals surface area contributed by atoms with Crippen molar-refractivity contribution in [3.63, 3.8) is 0 Å². The molecule has 1 aromatic carbocycles. The van der Waals surface area contributed by atoms with Gasteiger partial charge in [0.2, 0.25) is 5.91 Å². The van der Waals surface area contributed by atoms with Gasteiger partial charge in [-0.15, -0.1) is 0 Å². The van der Waals surface area contributed by atoms with Crippen LogP contribution in [-0.2, 0) is 4.79 Å². The van der Waals surface area contributed by atoms with Crippen LogP contribution in [0.3, 0.4) is 0 Å². The summed E-state index contributed by atoms with van der Waals surface area (Å²) in [5.74, 6) is -0.617. The van der Waals surface area contributed by atoms with E-state index in [1.807, 2.05) is 0 Å². The van der Waals surface area contributed by atoms with Crippen LogP contribution < -0.4 is 10.9 Å². The van der Waals surface area contributed by atoms with Crippen LogP contribution in [0.1, 0.15) is 12.5 Å². The minimum atomic E-state index is -0.239. The minimum absolute atomic E-state index is 0.184. The second kappa shape index (κ2) is 3.87. The predicted molar refractivity (Wildman–Crippen MR) is 51.9 cm³/mol. The highest BCUT2D eigenvalue weighted by atomic mass is 16.3. The van der Waals surface area contributed by atoms with E-state index >= 15 is 0 Å². The highest BCUT2D eigenvalue weighted by molar-refractivity contribution is 5.75. The number of hydrazine groups is 1. The lowest BCUT2D eigenvalue weighted by atomic mass is 10.1. The Kier molecular flexibility index (Phi) is 2.81. The summed E-state index contributed by atoms with van der Waals surface area (Å²) in [6, 6.07) is 2.90. The molecular weight excluding hydrogens is 184 g/mol. The first-order valence-corrected chi connectivity index (χ1v) is 4.06. The van der Waals surface area contributed by atoms with Crippen LogP contribution in [0.25, 0.3) is 0 Å². The van der Waals surface area contributed by atoms with Crippen molar-refractivity contribution in [1.29, 1.82) is 0 Å². The Balaban J connectivity index is 2.88. The fourth-order valence-corrected chi connectivity index (χ4v) is 0.977. The van der Waals surface area contributed by atoms with Gasteiger partial charge in [-0.25, -0.2) is 0 Å². The van der Waals surface area contributed by atoms with E-state index in [0.717, 1.165) is 0 Å². The Labute approximate surface area is 81.3 Å². The van der Waals surface area contributed by atoms with Crippen molar-refractivity contribution in [3.8, 4) is 11.5 Å². The van der Waals surface area contributed by atoms with E-state index < -0.39 is 0 Å². The Bertz CT molecular complexity index is 363. The maximum Gasteiger partial charge on any atom is 0.235 e. The third-order valence-electron chi connectivity index (χ3n) is 1.78. The molecule has 0 spiro atoms. The number of hydrogen-bond acceptors (Lipinski definition) is 4. The van der Waals surface area contributed by atoms with Gasteiger partial charge in [-0.3, -0.25) is 15.6 Å². The molecule has 0 saturated heterocycles. The summed E-state index contributed by atoms with van der Waals surface area (Å²) >= 11 is 0. The van der Waals surface area contributed by atoms with Crippen LogP contribution in [-0.4, -0.2) is 16.1 Å². The normalized spacial score (nSPS) is 9.57. The SMILES string of the molecule is CC(=O)NNc1ccc(O)c(O)c1C. The quantitative estimate of drug-likeness (QED) is 0.321. The van der Waals surface area contributed by atoms with Crippen molar-refractivity contribution >= 4 is 11.6 Å². The second-order valence-corrected chi connectivity index (χ2v) is 2.91. The second-order valence-electron chi connectivity index (χ2n) is 2.91. The topological polar surface area (TPSA) is 81.6 Å². The number of carbonyl (C=O) groups is 1. The van der Waals surface area contributed by atoms with Gasteiger partial charge in [0.15, 0.2) is 11.5 Å². The molecule has 0 heterocycles. The molecule has 0 radical (unpaired) electrons. The first kappa shape index (κ1) is 10.2. The lowest BCUT2D eigenvalue weighted by molar-refractivity contribution is -0.118. The van der Waals surface area contributed by atoms with Gasteiger partial charge in [0.1, 0.15) is 0 Å². The largest absolute Gasteiger partial charge is 0.504 e.